The molecule has 19 heavy (non-hydrogen) atoms. The predicted octanol–water partition coefficient (Wildman–Crippen LogP) is 3.39. The first-order chi connectivity index (χ1) is 9.06. The molecule has 0 spiro atoms. The number of Topliss-reactive ketones (excluding diaryl/α,β-unsaturated/α-hetero) is 1. The van der Waals surface area contributed by atoms with E-state index in [1.807, 2.05) is 11.6 Å². The zero-order chi connectivity index (χ0) is 13.2. The minimum Gasteiger partial charge on any atom is -0.348 e. The van der Waals surface area contributed by atoms with Gasteiger partial charge >= 0.3 is 0 Å². The largest absolute Gasteiger partial charge is 0.348 e. The molecule has 4 aliphatic rings. The Balaban J connectivity index is 1.75. The predicted molar refractivity (Wildman–Crippen MR) is 73.9 cm³/mol. The van der Waals surface area contributed by atoms with Gasteiger partial charge in [-0.05, 0) is 73.3 Å². The number of ketones is 1. The van der Waals surface area contributed by atoms with Crippen LogP contribution in [0.5, 0.6) is 0 Å². The number of carbonyl (C=O) groups is 1. The molecule has 0 aliphatic heterocycles. The van der Waals surface area contributed by atoms with E-state index in [1.165, 1.54) is 44.1 Å². The van der Waals surface area contributed by atoms with Crippen LogP contribution in [0, 0.1) is 24.7 Å². The quantitative estimate of drug-likeness (QED) is 0.742. The molecule has 2 radical (unpaired) electrons. The summed E-state index contributed by atoms with van der Waals surface area (Å²) in [5.41, 5.74) is 2.40. The standard InChI is InChI=1S/C17H21NO/c1-11(19)16-6-15(10-18(16)2)17-7-12-3-13(8-17)5-14(4-12)9-17/h1,6,10,12-14H,3-5,7-9H2,2H3. The fraction of sp³-hybridized carbons (Fsp3) is 0.647. The summed E-state index contributed by atoms with van der Waals surface area (Å²) in [7, 11) is 1.93. The van der Waals surface area contributed by atoms with Gasteiger partial charge in [-0.2, -0.15) is 0 Å². The van der Waals surface area contributed by atoms with Gasteiger partial charge in [0.1, 0.15) is 0 Å². The molecule has 100 valence electrons. The second-order valence-electron chi connectivity index (χ2n) is 7.29. The van der Waals surface area contributed by atoms with Gasteiger partial charge in [0.2, 0.25) is 0 Å². The summed E-state index contributed by atoms with van der Waals surface area (Å²) in [6.45, 7) is 5.46. The van der Waals surface area contributed by atoms with E-state index in [0.29, 0.717) is 11.1 Å². The number of carbonyl (C=O) groups excluding carboxylic acids is 1. The van der Waals surface area contributed by atoms with Crippen molar-refractivity contribution in [1.29, 1.82) is 0 Å². The molecule has 4 bridgehead atoms. The van der Waals surface area contributed by atoms with E-state index in [4.69, 9.17) is 6.92 Å². The molecule has 1 aromatic rings. The molecule has 0 unspecified atom stereocenters. The summed E-state index contributed by atoms with van der Waals surface area (Å²) < 4.78 is 1.91. The molecule has 2 heteroatoms. The monoisotopic (exact) mass is 255 g/mol. The van der Waals surface area contributed by atoms with Gasteiger partial charge in [0, 0.05) is 20.2 Å². The smallest absolute Gasteiger partial charge is 0.183 e. The Morgan fingerprint density at radius 3 is 2.16 bits per heavy atom. The average Bonchev–Trinajstić information content (AvgIpc) is 2.70. The van der Waals surface area contributed by atoms with Crippen LogP contribution >= 0.6 is 0 Å². The molecule has 0 amide bonds. The van der Waals surface area contributed by atoms with Crippen LogP contribution in [-0.2, 0) is 12.5 Å². The zero-order valence-corrected chi connectivity index (χ0v) is 11.6. The maximum atomic E-state index is 11.5. The Kier molecular flexibility index (Phi) is 2.31. The summed E-state index contributed by atoms with van der Waals surface area (Å²) in [6, 6.07) is 2.06. The molecule has 2 nitrogen and oxygen atoms in total. The fourth-order valence-corrected chi connectivity index (χ4v) is 5.56. The first-order valence-electron chi connectivity index (χ1n) is 7.52. The number of aromatic nitrogens is 1. The molecule has 4 aliphatic carbocycles. The fourth-order valence-electron chi connectivity index (χ4n) is 5.56. The Bertz CT molecular complexity index is 504. The van der Waals surface area contributed by atoms with Gasteiger partial charge in [0.15, 0.2) is 5.78 Å². The maximum Gasteiger partial charge on any atom is 0.183 e. The highest BCUT2D eigenvalue weighted by atomic mass is 16.1. The van der Waals surface area contributed by atoms with Gasteiger partial charge in [-0.1, -0.05) is 0 Å². The van der Waals surface area contributed by atoms with Crippen LogP contribution in [0.1, 0.15) is 54.6 Å². The van der Waals surface area contributed by atoms with Crippen LogP contribution in [0.15, 0.2) is 12.3 Å². The van der Waals surface area contributed by atoms with E-state index >= 15 is 0 Å². The van der Waals surface area contributed by atoms with Crippen molar-refractivity contribution in [2.45, 2.75) is 43.9 Å². The van der Waals surface area contributed by atoms with Crippen molar-refractivity contribution in [3.05, 3.63) is 30.4 Å². The van der Waals surface area contributed by atoms with Crippen molar-refractivity contribution in [3.8, 4) is 0 Å². The van der Waals surface area contributed by atoms with Crippen LogP contribution in [0.25, 0.3) is 0 Å². The second kappa shape index (κ2) is 3.74. The summed E-state index contributed by atoms with van der Waals surface area (Å²) in [6.07, 6.45) is 10.5. The van der Waals surface area contributed by atoms with Crippen LogP contribution in [-0.4, -0.2) is 10.4 Å². The molecule has 0 saturated heterocycles. The van der Waals surface area contributed by atoms with Gasteiger partial charge in [0.05, 0.1) is 5.69 Å². The topological polar surface area (TPSA) is 22.0 Å². The molecule has 0 atom stereocenters. The third kappa shape index (κ3) is 1.65. The molecule has 5 rings (SSSR count). The van der Waals surface area contributed by atoms with Crippen molar-refractivity contribution >= 4 is 5.78 Å². The van der Waals surface area contributed by atoms with Crippen LogP contribution in [0.3, 0.4) is 0 Å². The van der Waals surface area contributed by atoms with E-state index in [1.54, 1.807) is 0 Å². The molecule has 0 N–H and O–H groups in total. The van der Waals surface area contributed by atoms with Crippen LogP contribution in [0.2, 0.25) is 0 Å². The molecular formula is C17H21NO. The van der Waals surface area contributed by atoms with E-state index in [0.717, 1.165) is 17.8 Å². The van der Waals surface area contributed by atoms with Crippen molar-refractivity contribution in [2.24, 2.45) is 24.8 Å². The molecular weight excluding hydrogens is 234 g/mol. The highest BCUT2D eigenvalue weighted by Gasteiger charge is 2.51. The summed E-state index contributed by atoms with van der Waals surface area (Å²) in [4.78, 5) is 11.5. The summed E-state index contributed by atoms with van der Waals surface area (Å²) in [5, 5.41) is 0. The third-order valence-corrected chi connectivity index (χ3v) is 5.91. The van der Waals surface area contributed by atoms with E-state index < -0.39 is 0 Å². The van der Waals surface area contributed by atoms with E-state index in [9.17, 15) is 4.79 Å². The lowest BCUT2D eigenvalue weighted by Gasteiger charge is -2.56. The van der Waals surface area contributed by atoms with Crippen LogP contribution < -0.4 is 0 Å². The molecule has 0 aromatic carbocycles. The van der Waals surface area contributed by atoms with Gasteiger partial charge in [-0.3, -0.25) is 4.79 Å². The van der Waals surface area contributed by atoms with Gasteiger partial charge in [-0.15, -0.1) is 0 Å². The van der Waals surface area contributed by atoms with Crippen molar-refractivity contribution in [1.82, 2.24) is 4.57 Å². The highest BCUT2D eigenvalue weighted by Crippen LogP contribution is 2.60. The highest BCUT2D eigenvalue weighted by molar-refractivity contribution is 5.98. The van der Waals surface area contributed by atoms with Crippen molar-refractivity contribution in [2.75, 3.05) is 0 Å². The minimum absolute atomic E-state index is 0.307. The molecule has 4 saturated carbocycles. The lowest BCUT2D eigenvalue weighted by molar-refractivity contribution is -0.00518. The van der Waals surface area contributed by atoms with Crippen molar-refractivity contribution < 1.29 is 4.79 Å². The summed E-state index contributed by atoms with van der Waals surface area (Å²) >= 11 is 0. The number of aryl methyl sites for hydroxylation is 1. The average molecular weight is 255 g/mol. The number of rotatable bonds is 2. The summed E-state index contributed by atoms with van der Waals surface area (Å²) in [5.74, 6) is 2.49. The number of hydrogen-bond acceptors (Lipinski definition) is 1. The van der Waals surface area contributed by atoms with Gasteiger partial charge < -0.3 is 4.57 Å². The van der Waals surface area contributed by atoms with Crippen LogP contribution in [0.4, 0.5) is 0 Å². The lowest BCUT2D eigenvalue weighted by Crippen LogP contribution is -2.48. The van der Waals surface area contributed by atoms with Crippen molar-refractivity contribution in [3.63, 3.8) is 0 Å². The third-order valence-electron chi connectivity index (χ3n) is 5.91. The first-order valence-corrected chi connectivity index (χ1v) is 7.52. The second-order valence-corrected chi connectivity index (χ2v) is 7.29. The van der Waals surface area contributed by atoms with Gasteiger partial charge in [-0.25, -0.2) is 0 Å². The van der Waals surface area contributed by atoms with E-state index in [-0.39, 0.29) is 5.78 Å². The molecule has 1 heterocycles. The number of hydrogen-bond donors (Lipinski definition) is 0. The Hall–Kier alpha value is -1.05. The minimum atomic E-state index is -0.307. The molecule has 4 fully saturated rings. The van der Waals surface area contributed by atoms with E-state index in [2.05, 4.69) is 12.3 Å². The normalized spacial score (nSPS) is 39.8. The Morgan fingerprint density at radius 1 is 1.21 bits per heavy atom. The molecule has 1 aromatic heterocycles. The first kappa shape index (κ1) is 11.7. The Morgan fingerprint density at radius 2 is 1.74 bits per heavy atom. The maximum absolute atomic E-state index is 11.5. The zero-order valence-electron chi connectivity index (χ0n) is 11.6. The lowest BCUT2D eigenvalue weighted by atomic mass is 9.48. The number of nitrogens with zero attached hydrogens (tertiary/aromatic N) is 1. The SMILES string of the molecule is [CH]C(=O)c1cc(C23CC4CC(CC(C4)C2)C3)cn1C. The van der Waals surface area contributed by atoms with Gasteiger partial charge in [0.25, 0.3) is 0 Å². The Labute approximate surface area is 115 Å².